The zero-order valence-electron chi connectivity index (χ0n) is 25.5. The fraction of sp³-hybridized carbons (Fsp3) is 0. The van der Waals surface area contributed by atoms with Crippen LogP contribution < -0.4 is 0 Å². The van der Waals surface area contributed by atoms with Crippen molar-refractivity contribution in [2.24, 2.45) is 0 Å². The van der Waals surface area contributed by atoms with Crippen molar-refractivity contribution in [1.82, 2.24) is 9.97 Å². The number of fused-ring (bicyclic) bond motifs is 4. The zero-order valence-corrected chi connectivity index (χ0v) is 26.3. The normalized spacial score (nSPS) is 11.4. The largest absolute Gasteiger partial charge is 0.226 e. The molecule has 7 aromatic carbocycles. The molecule has 0 aliphatic heterocycles. The number of nitrogens with zero attached hydrogens (tertiary/aromatic N) is 2. The molecule has 0 aliphatic rings. The molecule has 0 bridgehead atoms. The Kier molecular flexibility index (Phi) is 6.69. The first-order valence-electron chi connectivity index (χ1n) is 15.8. The molecule has 0 radical (unpaired) electrons. The molecule has 0 spiro atoms. The summed E-state index contributed by atoms with van der Waals surface area (Å²) in [4.78, 5) is 10.7. The van der Waals surface area contributed by atoms with Crippen LogP contribution in [0.2, 0.25) is 0 Å². The van der Waals surface area contributed by atoms with Gasteiger partial charge < -0.3 is 0 Å². The molecule has 0 amide bonds. The molecule has 0 aliphatic carbocycles. The third kappa shape index (κ3) is 5.07. The van der Waals surface area contributed by atoms with Crippen LogP contribution >= 0.6 is 11.3 Å². The molecule has 47 heavy (non-hydrogen) atoms. The molecular formula is C44H28N2S. The molecule has 0 saturated carbocycles. The van der Waals surface area contributed by atoms with Gasteiger partial charge in [0.1, 0.15) is 0 Å². The van der Waals surface area contributed by atoms with Gasteiger partial charge in [-0.2, -0.15) is 0 Å². The Hall–Kier alpha value is -5.90. The number of benzene rings is 7. The van der Waals surface area contributed by atoms with Crippen LogP contribution in [0.5, 0.6) is 0 Å². The van der Waals surface area contributed by atoms with Crippen LogP contribution in [0.25, 0.3) is 87.1 Å². The van der Waals surface area contributed by atoms with Gasteiger partial charge in [-0.15, -0.1) is 11.3 Å². The van der Waals surface area contributed by atoms with Gasteiger partial charge in [0.15, 0.2) is 5.82 Å². The monoisotopic (exact) mass is 616 g/mol. The van der Waals surface area contributed by atoms with Crippen LogP contribution in [-0.2, 0) is 0 Å². The molecular weight excluding hydrogens is 589 g/mol. The summed E-state index contributed by atoms with van der Waals surface area (Å²) >= 11 is 1.78. The highest BCUT2D eigenvalue weighted by molar-refractivity contribution is 7.26. The average molecular weight is 617 g/mol. The van der Waals surface area contributed by atoms with E-state index in [-0.39, 0.29) is 0 Å². The fourth-order valence-corrected chi connectivity index (χ4v) is 7.66. The van der Waals surface area contributed by atoms with Crippen molar-refractivity contribution in [3.05, 3.63) is 170 Å². The smallest absolute Gasteiger partial charge is 0.160 e. The first-order chi connectivity index (χ1) is 23.3. The molecule has 9 aromatic rings. The maximum Gasteiger partial charge on any atom is 0.160 e. The Labute approximate surface area is 277 Å². The molecule has 220 valence electrons. The Morgan fingerprint density at radius 1 is 0.362 bits per heavy atom. The SMILES string of the molecule is c1ccc(-c2cc(-c3ccccc3)cc(-c3nc(-c4ccc5ccccc5c4)c4sc5cc(-c6ccccc6)ccc5c4n3)c2)cc1. The molecule has 0 fully saturated rings. The van der Waals surface area contributed by atoms with Crippen molar-refractivity contribution in [1.29, 1.82) is 0 Å². The standard InChI is InChI=1S/C44H28N2S/c1-4-12-29(13-5-1)34-22-23-39-40(28-34)47-43-41(35-21-20-32-18-10-11-19-33(32)24-35)45-44(46-42(39)43)38-26-36(30-14-6-2-7-15-30)25-37(27-38)31-16-8-3-9-17-31/h1-28H. The van der Waals surface area contributed by atoms with Crippen LogP contribution in [0.15, 0.2) is 170 Å². The number of rotatable bonds is 5. The van der Waals surface area contributed by atoms with E-state index in [1.807, 2.05) is 0 Å². The zero-order chi connectivity index (χ0) is 31.2. The van der Waals surface area contributed by atoms with Gasteiger partial charge in [-0.1, -0.05) is 140 Å². The summed E-state index contributed by atoms with van der Waals surface area (Å²) in [5.41, 5.74) is 11.1. The maximum atomic E-state index is 5.39. The second-order valence-corrected chi connectivity index (χ2v) is 12.9. The van der Waals surface area contributed by atoms with Gasteiger partial charge >= 0.3 is 0 Å². The van der Waals surface area contributed by atoms with Crippen LogP contribution in [0.4, 0.5) is 0 Å². The van der Waals surface area contributed by atoms with E-state index >= 15 is 0 Å². The van der Waals surface area contributed by atoms with E-state index in [0.717, 1.165) is 60.5 Å². The van der Waals surface area contributed by atoms with Crippen molar-refractivity contribution >= 4 is 42.4 Å². The third-order valence-corrected chi connectivity index (χ3v) is 10.00. The number of aromatic nitrogens is 2. The average Bonchev–Trinajstić information content (AvgIpc) is 3.53. The van der Waals surface area contributed by atoms with E-state index in [2.05, 4.69) is 170 Å². The summed E-state index contributed by atoms with van der Waals surface area (Å²) in [6.07, 6.45) is 0. The van der Waals surface area contributed by atoms with Crippen molar-refractivity contribution in [2.45, 2.75) is 0 Å². The van der Waals surface area contributed by atoms with Crippen LogP contribution in [0.1, 0.15) is 0 Å². The highest BCUT2D eigenvalue weighted by atomic mass is 32.1. The van der Waals surface area contributed by atoms with Gasteiger partial charge in [0.25, 0.3) is 0 Å². The molecule has 0 saturated heterocycles. The second-order valence-electron chi connectivity index (χ2n) is 11.8. The molecule has 0 unspecified atom stereocenters. The molecule has 2 nitrogen and oxygen atoms in total. The minimum atomic E-state index is 0.724. The highest BCUT2D eigenvalue weighted by Gasteiger charge is 2.19. The summed E-state index contributed by atoms with van der Waals surface area (Å²) < 4.78 is 2.31. The maximum absolute atomic E-state index is 5.39. The Balaban J connectivity index is 1.31. The minimum absolute atomic E-state index is 0.724. The van der Waals surface area contributed by atoms with Crippen LogP contribution in [0, 0.1) is 0 Å². The molecule has 0 atom stereocenters. The van der Waals surface area contributed by atoms with Crippen molar-refractivity contribution in [2.75, 3.05) is 0 Å². The van der Waals surface area contributed by atoms with Crippen LogP contribution in [0.3, 0.4) is 0 Å². The Morgan fingerprint density at radius 2 is 0.915 bits per heavy atom. The lowest BCUT2D eigenvalue weighted by molar-refractivity contribution is 1.24. The van der Waals surface area contributed by atoms with E-state index in [4.69, 9.17) is 9.97 Å². The second kappa shape index (κ2) is 11.5. The molecule has 9 rings (SSSR count). The van der Waals surface area contributed by atoms with Gasteiger partial charge in [0.05, 0.1) is 15.9 Å². The topological polar surface area (TPSA) is 25.8 Å². The van der Waals surface area contributed by atoms with Crippen molar-refractivity contribution < 1.29 is 0 Å². The third-order valence-electron chi connectivity index (χ3n) is 8.85. The molecule has 3 heteroatoms. The number of hydrogen-bond donors (Lipinski definition) is 0. The predicted molar refractivity (Wildman–Crippen MR) is 200 cm³/mol. The summed E-state index contributed by atoms with van der Waals surface area (Å²) in [5, 5.41) is 3.56. The lowest BCUT2D eigenvalue weighted by Crippen LogP contribution is -1.95. The highest BCUT2D eigenvalue weighted by Crippen LogP contribution is 2.42. The van der Waals surface area contributed by atoms with Gasteiger partial charge in [-0.05, 0) is 74.5 Å². The van der Waals surface area contributed by atoms with Crippen molar-refractivity contribution in [3.8, 4) is 56.0 Å². The minimum Gasteiger partial charge on any atom is -0.226 e. The Morgan fingerprint density at radius 3 is 1.57 bits per heavy atom. The number of hydrogen-bond acceptors (Lipinski definition) is 3. The van der Waals surface area contributed by atoms with Gasteiger partial charge in [0.2, 0.25) is 0 Å². The van der Waals surface area contributed by atoms with Gasteiger partial charge in [0, 0.05) is 21.2 Å². The summed E-state index contributed by atoms with van der Waals surface area (Å²) in [5.74, 6) is 0.724. The molecule has 2 heterocycles. The summed E-state index contributed by atoms with van der Waals surface area (Å²) in [6, 6.07) is 60.3. The van der Waals surface area contributed by atoms with E-state index in [0.29, 0.717) is 0 Å². The van der Waals surface area contributed by atoms with Gasteiger partial charge in [-0.3, -0.25) is 0 Å². The summed E-state index contributed by atoms with van der Waals surface area (Å²) in [6.45, 7) is 0. The fourth-order valence-electron chi connectivity index (χ4n) is 6.46. The van der Waals surface area contributed by atoms with Gasteiger partial charge in [-0.25, -0.2) is 9.97 Å². The van der Waals surface area contributed by atoms with E-state index in [1.165, 1.54) is 26.6 Å². The van der Waals surface area contributed by atoms with E-state index in [9.17, 15) is 0 Å². The number of thiophene rings is 1. The summed E-state index contributed by atoms with van der Waals surface area (Å²) in [7, 11) is 0. The van der Waals surface area contributed by atoms with Crippen LogP contribution in [-0.4, -0.2) is 9.97 Å². The molecule has 0 N–H and O–H groups in total. The predicted octanol–water partition coefficient (Wildman–Crippen LogP) is 12.3. The lowest BCUT2D eigenvalue weighted by Gasteiger charge is -2.12. The van der Waals surface area contributed by atoms with E-state index < -0.39 is 0 Å². The first kappa shape index (κ1) is 27.4. The Bertz CT molecular complexity index is 2500. The van der Waals surface area contributed by atoms with E-state index in [1.54, 1.807) is 11.3 Å². The lowest BCUT2D eigenvalue weighted by atomic mass is 9.95. The molecule has 2 aromatic heterocycles. The van der Waals surface area contributed by atoms with Crippen molar-refractivity contribution in [3.63, 3.8) is 0 Å². The quantitative estimate of drug-likeness (QED) is 0.192. The first-order valence-corrected chi connectivity index (χ1v) is 16.6.